The van der Waals surface area contributed by atoms with Crippen LogP contribution in [-0.4, -0.2) is 64.8 Å². The molecule has 1 aliphatic heterocycles. The second-order valence-corrected chi connectivity index (χ2v) is 9.27. The zero-order valence-corrected chi connectivity index (χ0v) is 21.9. The minimum Gasteiger partial charge on any atom is -0.475 e. The van der Waals surface area contributed by atoms with E-state index in [1.54, 1.807) is 0 Å². The molecule has 0 radical (unpaired) electrons. The van der Waals surface area contributed by atoms with E-state index in [0.717, 1.165) is 34.8 Å². The van der Waals surface area contributed by atoms with E-state index < -0.39 is 12.1 Å². The van der Waals surface area contributed by atoms with Crippen molar-refractivity contribution in [2.24, 2.45) is 0 Å². The molecule has 0 unspecified atom stereocenters. The first-order valence-corrected chi connectivity index (χ1v) is 12.4. The summed E-state index contributed by atoms with van der Waals surface area (Å²) in [4.78, 5) is 23.2. The Bertz CT molecular complexity index is 969. The Morgan fingerprint density at radius 2 is 1.83 bits per heavy atom. The number of halogens is 4. The van der Waals surface area contributed by atoms with Gasteiger partial charge in [0, 0.05) is 35.0 Å². The number of likely N-dealkylation sites (tertiary alicyclic amines) is 1. The lowest BCUT2D eigenvalue weighted by Gasteiger charge is -2.28. The Morgan fingerprint density at radius 1 is 1.17 bits per heavy atom. The van der Waals surface area contributed by atoms with Crippen LogP contribution in [0.3, 0.4) is 0 Å². The van der Waals surface area contributed by atoms with Gasteiger partial charge in [-0.3, -0.25) is 0 Å². The Kier molecular flexibility index (Phi) is 11.2. The summed E-state index contributed by atoms with van der Waals surface area (Å²) < 4.78 is 32.8. The van der Waals surface area contributed by atoms with Gasteiger partial charge in [0.1, 0.15) is 5.82 Å². The molecule has 2 heterocycles. The van der Waals surface area contributed by atoms with Crippen molar-refractivity contribution in [3.05, 3.63) is 40.0 Å². The molecule has 2 aromatic rings. The van der Waals surface area contributed by atoms with Crippen LogP contribution in [0, 0.1) is 13.8 Å². The van der Waals surface area contributed by atoms with Crippen LogP contribution in [0.1, 0.15) is 43.9 Å². The number of aryl methyl sites for hydroxylation is 2. The number of anilines is 3. The Balaban J connectivity index is 0.000000540. The lowest BCUT2D eigenvalue weighted by atomic mass is 10.1. The molecule has 1 aromatic heterocycles. The van der Waals surface area contributed by atoms with Gasteiger partial charge in [-0.05, 0) is 77.4 Å². The van der Waals surface area contributed by atoms with Crippen LogP contribution < -0.4 is 10.2 Å². The van der Waals surface area contributed by atoms with Crippen LogP contribution in [-0.2, 0) is 4.79 Å². The van der Waals surface area contributed by atoms with E-state index in [2.05, 4.69) is 74.1 Å². The maximum atomic E-state index is 10.6. The largest absolute Gasteiger partial charge is 0.490 e. The summed E-state index contributed by atoms with van der Waals surface area (Å²) in [6, 6.07) is 8.29. The number of carboxylic acids is 1. The van der Waals surface area contributed by atoms with Crippen molar-refractivity contribution in [1.82, 2.24) is 14.9 Å². The van der Waals surface area contributed by atoms with Crippen LogP contribution in [0.25, 0.3) is 0 Å². The number of nitrogens with one attached hydrogen (secondary N) is 1. The molecule has 7 nitrogen and oxygen atoms in total. The summed E-state index contributed by atoms with van der Waals surface area (Å²) in [6.07, 6.45) is 0.190. The van der Waals surface area contributed by atoms with Crippen molar-refractivity contribution in [3.63, 3.8) is 0 Å². The molecule has 1 aliphatic rings. The van der Waals surface area contributed by atoms with Gasteiger partial charge in [0.2, 0.25) is 5.95 Å². The Morgan fingerprint density at radius 3 is 2.40 bits per heavy atom. The molecule has 35 heavy (non-hydrogen) atoms. The highest BCUT2D eigenvalue weighted by Crippen LogP contribution is 2.24. The van der Waals surface area contributed by atoms with Crippen molar-refractivity contribution in [3.8, 4) is 0 Å². The van der Waals surface area contributed by atoms with Gasteiger partial charge in [0.05, 0.1) is 0 Å². The maximum absolute atomic E-state index is 10.6. The number of benzene rings is 1. The molecule has 0 amide bonds. The number of aromatic nitrogens is 2. The second-order valence-electron chi connectivity index (χ2n) is 8.42. The molecule has 0 aliphatic carbocycles. The molecule has 0 bridgehead atoms. The van der Waals surface area contributed by atoms with E-state index in [1.165, 1.54) is 50.9 Å². The lowest BCUT2D eigenvalue weighted by molar-refractivity contribution is -0.192. The first-order valence-electron chi connectivity index (χ1n) is 11.7. The standard InChI is InChI=1S/C22H32BrN5.C2HF3O2/c1-4-28(14-8-13-27-11-6-5-7-12-27)21-15-18(3)24-22(26-21)25-19-10-9-17(2)20(23)16-19;3-2(4,5)1(6)7/h9-10,15-16H,4-8,11-14H2,1-3H3,(H,24,25,26);(H,6,7). The molecular weight excluding hydrogens is 527 g/mol. The van der Waals surface area contributed by atoms with Crippen molar-refractivity contribution >= 4 is 39.4 Å². The highest BCUT2D eigenvalue weighted by molar-refractivity contribution is 9.10. The molecule has 1 saturated heterocycles. The number of aliphatic carboxylic acids is 1. The third kappa shape index (κ3) is 10.0. The number of nitrogens with zero attached hydrogens (tertiary/aromatic N) is 4. The predicted octanol–water partition coefficient (Wildman–Crippen LogP) is 5.94. The molecule has 3 rings (SSSR count). The fourth-order valence-electron chi connectivity index (χ4n) is 3.67. The topological polar surface area (TPSA) is 81.6 Å². The molecule has 0 atom stereocenters. The molecule has 0 saturated carbocycles. The van der Waals surface area contributed by atoms with Gasteiger partial charge in [-0.1, -0.05) is 28.4 Å². The second kappa shape index (κ2) is 13.6. The number of rotatable bonds is 8. The minimum absolute atomic E-state index is 0.653. The lowest BCUT2D eigenvalue weighted by Crippen LogP contribution is -2.33. The van der Waals surface area contributed by atoms with Crippen molar-refractivity contribution < 1.29 is 23.1 Å². The minimum atomic E-state index is -5.08. The first-order chi connectivity index (χ1) is 16.5. The van der Waals surface area contributed by atoms with E-state index in [-0.39, 0.29) is 0 Å². The molecule has 11 heteroatoms. The highest BCUT2D eigenvalue weighted by atomic mass is 79.9. The molecule has 0 spiro atoms. The fourth-order valence-corrected chi connectivity index (χ4v) is 4.05. The zero-order chi connectivity index (χ0) is 26.0. The summed E-state index contributed by atoms with van der Waals surface area (Å²) in [6.45, 7) is 12.0. The number of carbonyl (C=O) groups is 1. The van der Waals surface area contributed by atoms with Gasteiger partial charge < -0.3 is 20.2 Å². The van der Waals surface area contributed by atoms with Crippen LogP contribution in [0.2, 0.25) is 0 Å². The highest BCUT2D eigenvalue weighted by Gasteiger charge is 2.38. The van der Waals surface area contributed by atoms with Crippen LogP contribution >= 0.6 is 15.9 Å². The average Bonchev–Trinajstić information content (AvgIpc) is 2.79. The van der Waals surface area contributed by atoms with Crippen molar-refractivity contribution in [2.45, 2.75) is 52.6 Å². The number of hydrogen-bond acceptors (Lipinski definition) is 6. The van der Waals surface area contributed by atoms with Crippen molar-refractivity contribution in [2.75, 3.05) is 42.9 Å². The van der Waals surface area contributed by atoms with E-state index >= 15 is 0 Å². The van der Waals surface area contributed by atoms with E-state index in [9.17, 15) is 13.2 Å². The number of carboxylic acid groups (broad SMARTS) is 1. The van der Waals surface area contributed by atoms with Crippen LogP contribution in [0.4, 0.5) is 30.6 Å². The smallest absolute Gasteiger partial charge is 0.475 e. The number of hydrogen-bond donors (Lipinski definition) is 2. The molecule has 2 N–H and O–H groups in total. The first kappa shape index (κ1) is 28.8. The number of piperidine rings is 1. The third-order valence-electron chi connectivity index (χ3n) is 5.57. The summed E-state index contributed by atoms with van der Waals surface area (Å²) in [7, 11) is 0. The van der Waals surface area contributed by atoms with Gasteiger partial charge in [-0.2, -0.15) is 18.2 Å². The molecular formula is C24H33BrF3N5O2. The molecule has 194 valence electrons. The van der Waals surface area contributed by atoms with Crippen LogP contribution in [0.15, 0.2) is 28.7 Å². The van der Waals surface area contributed by atoms with E-state index in [4.69, 9.17) is 14.9 Å². The summed E-state index contributed by atoms with van der Waals surface area (Å²) in [5, 5.41) is 10.5. The Hall–Kier alpha value is -2.40. The summed E-state index contributed by atoms with van der Waals surface area (Å²) in [5.41, 5.74) is 3.18. The summed E-state index contributed by atoms with van der Waals surface area (Å²) >= 11 is 3.59. The van der Waals surface area contributed by atoms with Crippen molar-refractivity contribution in [1.29, 1.82) is 0 Å². The summed E-state index contributed by atoms with van der Waals surface area (Å²) in [5.74, 6) is -1.10. The predicted molar refractivity (Wildman–Crippen MR) is 135 cm³/mol. The van der Waals surface area contributed by atoms with E-state index in [1.807, 2.05) is 6.92 Å². The quantitative estimate of drug-likeness (QED) is 0.414. The van der Waals surface area contributed by atoms with E-state index in [0.29, 0.717) is 5.95 Å². The third-order valence-corrected chi connectivity index (χ3v) is 6.42. The van der Waals surface area contributed by atoms with Gasteiger partial charge >= 0.3 is 12.1 Å². The maximum Gasteiger partial charge on any atom is 0.490 e. The molecule has 1 aromatic carbocycles. The van der Waals surface area contributed by atoms with Gasteiger partial charge in [0.15, 0.2) is 0 Å². The Labute approximate surface area is 212 Å². The fraction of sp³-hybridized carbons (Fsp3) is 0.542. The van der Waals surface area contributed by atoms with Crippen LogP contribution in [0.5, 0.6) is 0 Å². The van der Waals surface area contributed by atoms with Gasteiger partial charge in [-0.25, -0.2) is 9.78 Å². The monoisotopic (exact) mass is 559 g/mol. The average molecular weight is 560 g/mol. The van der Waals surface area contributed by atoms with Gasteiger partial charge in [0.25, 0.3) is 0 Å². The zero-order valence-electron chi connectivity index (χ0n) is 20.3. The SMILES string of the molecule is CCN(CCCN1CCCCC1)c1cc(C)nc(Nc2ccc(C)c(Br)c2)n1.O=C(O)C(F)(F)F. The normalized spacial score (nSPS) is 14.1. The molecule has 1 fully saturated rings. The van der Waals surface area contributed by atoms with Gasteiger partial charge in [-0.15, -0.1) is 0 Å². The number of alkyl halides is 3.